The molecule has 1 nitrogen and oxygen atoms in total. The first-order valence-corrected chi connectivity index (χ1v) is 4.05. The molecule has 1 aliphatic rings. The van der Waals surface area contributed by atoms with E-state index in [4.69, 9.17) is 4.74 Å². The first-order chi connectivity index (χ1) is 5.00. The summed E-state index contributed by atoms with van der Waals surface area (Å²) in [5.41, 5.74) is 0.148. The molecule has 0 atom stereocenters. The summed E-state index contributed by atoms with van der Waals surface area (Å²) < 4.78 is 5.57. The maximum absolute atomic E-state index is 5.57. The van der Waals surface area contributed by atoms with Crippen molar-refractivity contribution in [3.05, 3.63) is 23.7 Å². The van der Waals surface area contributed by atoms with Gasteiger partial charge < -0.3 is 4.74 Å². The molecule has 0 bridgehead atoms. The monoisotopic (exact) mass is 152 g/mol. The van der Waals surface area contributed by atoms with Crippen LogP contribution in [-0.2, 0) is 4.74 Å². The van der Waals surface area contributed by atoms with Gasteiger partial charge in [-0.1, -0.05) is 20.8 Å². The Kier molecular flexibility index (Phi) is 2.08. The summed E-state index contributed by atoms with van der Waals surface area (Å²) in [7, 11) is 0. The van der Waals surface area contributed by atoms with Crippen molar-refractivity contribution in [1.29, 1.82) is 0 Å². The van der Waals surface area contributed by atoms with E-state index in [-0.39, 0.29) is 5.41 Å². The number of hydrogen-bond acceptors (Lipinski definition) is 1. The van der Waals surface area contributed by atoms with Crippen molar-refractivity contribution >= 4 is 0 Å². The first kappa shape index (κ1) is 8.38. The average Bonchev–Trinajstić information content (AvgIpc) is 1.86. The van der Waals surface area contributed by atoms with Crippen molar-refractivity contribution in [2.45, 2.75) is 34.1 Å². The summed E-state index contributed by atoms with van der Waals surface area (Å²) in [5, 5.41) is 0. The Morgan fingerprint density at radius 3 is 2.27 bits per heavy atom. The molecule has 0 unspecified atom stereocenters. The van der Waals surface area contributed by atoms with E-state index in [2.05, 4.69) is 32.9 Å². The van der Waals surface area contributed by atoms with Crippen LogP contribution in [0.1, 0.15) is 34.1 Å². The third kappa shape index (κ3) is 2.11. The van der Waals surface area contributed by atoms with Crippen molar-refractivity contribution in [2.24, 2.45) is 5.41 Å². The highest BCUT2D eigenvalue weighted by Crippen LogP contribution is 2.30. The number of hydrogen-bond donors (Lipinski definition) is 0. The molecule has 0 fully saturated rings. The van der Waals surface area contributed by atoms with Gasteiger partial charge in [-0.2, -0.15) is 0 Å². The minimum Gasteiger partial charge on any atom is -0.466 e. The van der Waals surface area contributed by atoms with Crippen LogP contribution in [0, 0.1) is 5.41 Å². The Hall–Kier alpha value is -0.720. The SMILES string of the molecule is CC1=CCC=C(C(C)(C)C)O1. The van der Waals surface area contributed by atoms with Crippen LogP contribution in [0.4, 0.5) is 0 Å². The van der Waals surface area contributed by atoms with Crippen molar-refractivity contribution in [1.82, 2.24) is 0 Å². The second-order valence-electron chi connectivity index (χ2n) is 3.97. The van der Waals surface area contributed by atoms with Crippen molar-refractivity contribution in [2.75, 3.05) is 0 Å². The summed E-state index contributed by atoms with van der Waals surface area (Å²) in [6, 6.07) is 0. The topological polar surface area (TPSA) is 9.23 Å². The largest absolute Gasteiger partial charge is 0.466 e. The van der Waals surface area contributed by atoms with Gasteiger partial charge in [-0.25, -0.2) is 0 Å². The third-order valence-electron chi connectivity index (χ3n) is 1.72. The fraction of sp³-hybridized carbons (Fsp3) is 0.600. The molecule has 0 saturated carbocycles. The molecule has 0 N–H and O–H groups in total. The molecule has 0 spiro atoms. The fourth-order valence-corrected chi connectivity index (χ4v) is 1.05. The van der Waals surface area contributed by atoms with Gasteiger partial charge in [0.15, 0.2) is 0 Å². The molecule has 0 aromatic heterocycles. The lowest BCUT2D eigenvalue weighted by Gasteiger charge is -2.25. The van der Waals surface area contributed by atoms with E-state index < -0.39 is 0 Å². The minimum absolute atomic E-state index is 0.148. The maximum atomic E-state index is 5.57. The molecule has 1 heteroatoms. The Morgan fingerprint density at radius 1 is 1.27 bits per heavy atom. The van der Waals surface area contributed by atoms with Crippen LogP contribution in [0.3, 0.4) is 0 Å². The molecular weight excluding hydrogens is 136 g/mol. The Balaban J connectivity index is 2.70. The summed E-state index contributed by atoms with van der Waals surface area (Å²) in [6.07, 6.45) is 5.25. The van der Waals surface area contributed by atoms with Gasteiger partial charge in [-0.15, -0.1) is 0 Å². The van der Waals surface area contributed by atoms with E-state index in [1.165, 1.54) is 0 Å². The molecule has 0 saturated heterocycles. The molecule has 1 heterocycles. The van der Waals surface area contributed by atoms with E-state index in [9.17, 15) is 0 Å². The highest BCUT2D eigenvalue weighted by molar-refractivity contribution is 5.13. The molecule has 0 aromatic rings. The first-order valence-electron chi connectivity index (χ1n) is 4.05. The van der Waals surface area contributed by atoms with E-state index in [1.807, 2.05) is 6.92 Å². The number of allylic oxidation sites excluding steroid dienone is 4. The predicted octanol–water partition coefficient (Wildman–Crippen LogP) is 3.24. The lowest BCUT2D eigenvalue weighted by Crippen LogP contribution is -2.13. The number of ether oxygens (including phenoxy) is 1. The van der Waals surface area contributed by atoms with Gasteiger partial charge in [-0.05, 0) is 25.5 Å². The third-order valence-corrected chi connectivity index (χ3v) is 1.72. The molecule has 1 aliphatic heterocycles. The van der Waals surface area contributed by atoms with Crippen molar-refractivity contribution in [3.63, 3.8) is 0 Å². The maximum Gasteiger partial charge on any atom is 0.105 e. The van der Waals surface area contributed by atoms with Crippen LogP contribution < -0.4 is 0 Å². The van der Waals surface area contributed by atoms with Crippen molar-refractivity contribution in [3.8, 4) is 0 Å². The van der Waals surface area contributed by atoms with Crippen LogP contribution in [0.15, 0.2) is 23.7 Å². The van der Waals surface area contributed by atoms with Crippen LogP contribution >= 0.6 is 0 Å². The van der Waals surface area contributed by atoms with Gasteiger partial charge in [-0.3, -0.25) is 0 Å². The minimum atomic E-state index is 0.148. The molecule has 0 amide bonds. The van der Waals surface area contributed by atoms with Crippen LogP contribution in [0.2, 0.25) is 0 Å². The smallest absolute Gasteiger partial charge is 0.105 e. The fourth-order valence-electron chi connectivity index (χ4n) is 1.05. The zero-order valence-electron chi connectivity index (χ0n) is 7.77. The second-order valence-corrected chi connectivity index (χ2v) is 3.97. The Labute approximate surface area is 68.8 Å². The predicted molar refractivity (Wildman–Crippen MR) is 47.0 cm³/mol. The molecule has 0 aliphatic carbocycles. The number of rotatable bonds is 0. The summed E-state index contributed by atoms with van der Waals surface area (Å²) in [5.74, 6) is 2.12. The lowest BCUT2D eigenvalue weighted by atomic mass is 9.92. The van der Waals surface area contributed by atoms with E-state index in [0.29, 0.717) is 0 Å². The standard InChI is InChI=1S/C10H16O/c1-8-6-5-7-9(11-8)10(2,3)4/h6-7H,5H2,1-4H3. The summed E-state index contributed by atoms with van der Waals surface area (Å²) in [4.78, 5) is 0. The van der Waals surface area contributed by atoms with E-state index >= 15 is 0 Å². The zero-order chi connectivity index (χ0) is 8.48. The molecular formula is C10H16O. The van der Waals surface area contributed by atoms with Crippen molar-refractivity contribution < 1.29 is 4.74 Å². The van der Waals surface area contributed by atoms with Gasteiger partial charge in [0.25, 0.3) is 0 Å². The highest BCUT2D eigenvalue weighted by Gasteiger charge is 2.20. The zero-order valence-corrected chi connectivity index (χ0v) is 7.77. The van der Waals surface area contributed by atoms with Gasteiger partial charge in [0.1, 0.15) is 5.76 Å². The Bertz CT molecular complexity index is 203. The lowest BCUT2D eigenvalue weighted by molar-refractivity contribution is 0.211. The summed E-state index contributed by atoms with van der Waals surface area (Å²) >= 11 is 0. The normalized spacial score (nSPS) is 18.5. The van der Waals surface area contributed by atoms with E-state index in [1.54, 1.807) is 0 Å². The second kappa shape index (κ2) is 2.72. The molecule has 11 heavy (non-hydrogen) atoms. The van der Waals surface area contributed by atoms with Crippen LogP contribution in [0.5, 0.6) is 0 Å². The van der Waals surface area contributed by atoms with Gasteiger partial charge in [0.05, 0.1) is 5.76 Å². The molecule has 1 rings (SSSR count). The molecule has 0 aromatic carbocycles. The van der Waals surface area contributed by atoms with Gasteiger partial charge in [0.2, 0.25) is 0 Å². The molecule has 0 radical (unpaired) electrons. The Morgan fingerprint density at radius 2 is 1.91 bits per heavy atom. The van der Waals surface area contributed by atoms with Gasteiger partial charge >= 0.3 is 0 Å². The highest BCUT2D eigenvalue weighted by atomic mass is 16.5. The van der Waals surface area contributed by atoms with Gasteiger partial charge in [0, 0.05) is 5.41 Å². The van der Waals surface area contributed by atoms with Crippen LogP contribution in [0.25, 0.3) is 0 Å². The molecule has 62 valence electrons. The van der Waals surface area contributed by atoms with E-state index in [0.717, 1.165) is 17.9 Å². The summed E-state index contributed by atoms with van der Waals surface area (Å²) in [6.45, 7) is 8.49. The average molecular weight is 152 g/mol. The van der Waals surface area contributed by atoms with Crippen LogP contribution in [-0.4, -0.2) is 0 Å². The quantitative estimate of drug-likeness (QED) is 0.517.